The first-order chi connectivity index (χ1) is 14.5. The number of likely N-dealkylation sites (tertiary alicyclic amines) is 1. The van der Waals surface area contributed by atoms with E-state index >= 15 is 0 Å². The van der Waals surface area contributed by atoms with E-state index in [2.05, 4.69) is 15.5 Å². The molecule has 1 heterocycles. The Hall–Kier alpha value is -2.61. The largest absolute Gasteiger partial charge is 0.497 e. The predicted molar refractivity (Wildman–Crippen MR) is 113 cm³/mol. The van der Waals surface area contributed by atoms with Crippen LogP contribution in [0.3, 0.4) is 0 Å². The van der Waals surface area contributed by atoms with Crippen LogP contribution in [0.5, 0.6) is 5.75 Å². The molecule has 1 aliphatic carbocycles. The normalized spacial score (nSPS) is 20.6. The third-order valence-corrected chi connectivity index (χ3v) is 5.57. The standard InChI is InChI=1S/C21H31N3O3.CH2O2/c1-15(25)22-13-19-9-8-18(24(19)14-16-6-7-16)11-21(26)23-12-17-4-3-5-20(10-17)27-2;2-1-3/h3-5,10,16,18-19H,6-9,11-14H2,1-2H3,(H,22,25)(H,23,26);1H,(H,2,3)/t18-,19+;/m0./s1. The van der Waals surface area contributed by atoms with E-state index in [-0.39, 0.29) is 24.3 Å². The van der Waals surface area contributed by atoms with E-state index in [9.17, 15) is 9.59 Å². The van der Waals surface area contributed by atoms with Gasteiger partial charge in [-0.2, -0.15) is 0 Å². The molecule has 0 unspecified atom stereocenters. The van der Waals surface area contributed by atoms with Crippen LogP contribution in [0.25, 0.3) is 0 Å². The van der Waals surface area contributed by atoms with Crippen molar-refractivity contribution in [2.24, 2.45) is 5.92 Å². The predicted octanol–water partition coefficient (Wildman–Crippen LogP) is 1.78. The molecule has 1 aromatic carbocycles. The lowest BCUT2D eigenvalue weighted by molar-refractivity contribution is -0.123. The van der Waals surface area contributed by atoms with Crippen molar-refractivity contribution < 1.29 is 24.2 Å². The van der Waals surface area contributed by atoms with Gasteiger partial charge < -0.3 is 20.5 Å². The number of hydrogen-bond donors (Lipinski definition) is 3. The van der Waals surface area contributed by atoms with Crippen molar-refractivity contribution in [2.75, 3.05) is 20.2 Å². The van der Waals surface area contributed by atoms with Crippen LogP contribution < -0.4 is 15.4 Å². The lowest BCUT2D eigenvalue weighted by Gasteiger charge is -2.30. The van der Waals surface area contributed by atoms with Crippen LogP contribution in [0.2, 0.25) is 0 Å². The summed E-state index contributed by atoms with van der Waals surface area (Å²) in [7, 11) is 1.64. The van der Waals surface area contributed by atoms with Gasteiger partial charge in [-0.25, -0.2) is 0 Å². The van der Waals surface area contributed by atoms with Gasteiger partial charge in [-0.1, -0.05) is 12.1 Å². The molecule has 3 N–H and O–H groups in total. The number of amides is 2. The number of nitrogens with one attached hydrogen (secondary N) is 2. The quantitative estimate of drug-likeness (QED) is 0.527. The SMILES string of the molecule is COc1cccc(CNC(=O)C[C@@H]2CC[C@H](CNC(C)=O)N2CC2CC2)c1.O=CO. The van der Waals surface area contributed by atoms with Crippen molar-refractivity contribution in [1.82, 2.24) is 15.5 Å². The summed E-state index contributed by atoms with van der Waals surface area (Å²) in [5.74, 6) is 1.67. The summed E-state index contributed by atoms with van der Waals surface area (Å²) >= 11 is 0. The first-order valence-corrected chi connectivity index (χ1v) is 10.4. The third kappa shape index (κ3) is 8.02. The zero-order valence-electron chi connectivity index (χ0n) is 17.8. The fourth-order valence-corrected chi connectivity index (χ4v) is 3.88. The second kappa shape index (κ2) is 12.2. The van der Waals surface area contributed by atoms with Crippen LogP contribution in [0.4, 0.5) is 0 Å². The Labute approximate surface area is 178 Å². The topological polar surface area (TPSA) is 108 Å². The van der Waals surface area contributed by atoms with E-state index in [0.717, 1.165) is 36.6 Å². The monoisotopic (exact) mass is 419 g/mol. The number of benzene rings is 1. The lowest BCUT2D eigenvalue weighted by Crippen LogP contribution is -2.45. The maximum Gasteiger partial charge on any atom is 0.290 e. The Kier molecular flexibility index (Phi) is 9.60. The van der Waals surface area contributed by atoms with Gasteiger partial charge in [0.05, 0.1) is 7.11 Å². The van der Waals surface area contributed by atoms with Gasteiger partial charge in [-0.15, -0.1) is 0 Å². The number of carboxylic acid groups (broad SMARTS) is 1. The van der Waals surface area contributed by atoms with Crippen LogP contribution in [0.1, 0.15) is 44.6 Å². The minimum atomic E-state index is -0.250. The molecule has 0 spiro atoms. The molecule has 30 heavy (non-hydrogen) atoms. The van der Waals surface area contributed by atoms with Crippen molar-refractivity contribution in [1.29, 1.82) is 0 Å². The maximum absolute atomic E-state index is 12.5. The molecule has 1 saturated heterocycles. The molecule has 1 saturated carbocycles. The van der Waals surface area contributed by atoms with E-state index in [1.807, 2.05) is 24.3 Å². The molecule has 2 amide bonds. The molecular formula is C22H33N3O5. The lowest BCUT2D eigenvalue weighted by atomic mass is 10.1. The molecule has 1 aromatic rings. The summed E-state index contributed by atoms with van der Waals surface area (Å²) in [6.45, 7) is 3.56. The molecule has 0 aromatic heterocycles. The van der Waals surface area contributed by atoms with Gasteiger partial charge in [-0.05, 0) is 49.3 Å². The highest BCUT2D eigenvalue weighted by atomic mass is 16.5. The summed E-state index contributed by atoms with van der Waals surface area (Å²) in [6, 6.07) is 8.39. The van der Waals surface area contributed by atoms with Gasteiger partial charge in [0.2, 0.25) is 11.8 Å². The molecule has 8 heteroatoms. The number of nitrogens with zero attached hydrogens (tertiary/aromatic N) is 1. The second-order valence-corrected chi connectivity index (χ2v) is 7.90. The number of carbonyl (C=O) groups is 3. The highest BCUT2D eigenvalue weighted by molar-refractivity contribution is 5.76. The van der Waals surface area contributed by atoms with Crippen LogP contribution in [0, 0.1) is 5.92 Å². The van der Waals surface area contributed by atoms with Gasteiger partial charge >= 0.3 is 0 Å². The Balaban J connectivity index is 0.00000101. The van der Waals surface area contributed by atoms with E-state index in [1.54, 1.807) is 14.0 Å². The molecule has 0 radical (unpaired) electrons. The number of rotatable bonds is 9. The summed E-state index contributed by atoms with van der Waals surface area (Å²) in [6.07, 6.45) is 5.16. The molecule has 166 valence electrons. The van der Waals surface area contributed by atoms with Gasteiger partial charge in [0.25, 0.3) is 6.47 Å². The molecule has 3 rings (SSSR count). The average molecular weight is 420 g/mol. The van der Waals surface area contributed by atoms with Gasteiger partial charge in [0.1, 0.15) is 5.75 Å². The van der Waals surface area contributed by atoms with Crippen LogP contribution >= 0.6 is 0 Å². The minimum absolute atomic E-state index is 0.0147. The van der Waals surface area contributed by atoms with E-state index in [0.29, 0.717) is 25.6 Å². The number of methoxy groups -OCH3 is 1. The van der Waals surface area contributed by atoms with Crippen LogP contribution in [0.15, 0.2) is 24.3 Å². The molecule has 0 bridgehead atoms. The molecule has 2 aliphatic rings. The molecule has 1 aliphatic heterocycles. The Morgan fingerprint density at radius 1 is 1.20 bits per heavy atom. The average Bonchev–Trinajstić information content (AvgIpc) is 3.47. The van der Waals surface area contributed by atoms with Gasteiger partial charge in [0.15, 0.2) is 0 Å². The van der Waals surface area contributed by atoms with Crippen molar-refractivity contribution >= 4 is 18.3 Å². The third-order valence-electron chi connectivity index (χ3n) is 5.57. The molecular weight excluding hydrogens is 386 g/mol. The summed E-state index contributed by atoms with van der Waals surface area (Å²) in [4.78, 5) is 34.6. The fraction of sp³-hybridized carbons (Fsp3) is 0.591. The summed E-state index contributed by atoms with van der Waals surface area (Å²) in [5, 5.41) is 12.9. The maximum atomic E-state index is 12.5. The van der Waals surface area contributed by atoms with Gasteiger partial charge in [-0.3, -0.25) is 19.3 Å². The van der Waals surface area contributed by atoms with Crippen molar-refractivity contribution in [2.45, 2.75) is 57.7 Å². The Morgan fingerprint density at radius 2 is 1.90 bits per heavy atom. The highest BCUT2D eigenvalue weighted by Crippen LogP contribution is 2.35. The minimum Gasteiger partial charge on any atom is -0.497 e. The zero-order chi connectivity index (χ0) is 21.9. The summed E-state index contributed by atoms with van der Waals surface area (Å²) in [5.41, 5.74) is 1.03. The van der Waals surface area contributed by atoms with E-state index < -0.39 is 0 Å². The molecule has 2 atom stereocenters. The van der Waals surface area contributed by atoms with Gasteiger partial charge in [0, 0.05) is 45.1 Å². The second-order valence-electron chi connectivity index (χ2n) is 7.90. The fourth-order valence-electron chi connectivity index (χ4n) is 3.88. The van der Waals surface area contributed by atoms with E-state index in [4.69, 9.17) is 14.6 Å². The van der Waals surface area contributed by atoms with E-state index in [1.165, 1.54) is 12.8 Å². The summed E-state index contributed by atoms with van der Waals surface area (Å²) < 4.78 is 5.23. The zero-order valence-corrected chi connectivity index (χ0v) is 17.8. The molecule has 2 fully saturated rings. The number of ether oxygens (including phenoxy) is 1. The van der Waals surface area contributed by atoms with Crippen molar-refractivity contribution in [3.05, 3.63) is 29.8 Å². The first kappa shape index (κ1) is 23.7. The van der Waals surface area contributed by atoms with Crippen LogP contribution in [-0.4, -0.2) is 60.6 Å². The Bertz CT molecular complexity index is 708. The number of hydrogen-bond acceptors (Lipinski definition) is 5. The van der Waals surface area contributed by atoms with Crippen molar-refractivity contribution in [3.8, 4) is 5.75 Å². The van der Waals surface area contributed by atoms with Crippen molar-refractivity contribution in [3.63, 3.8) is 0 Å². The smallest absolute Gasteiger partial charge is 0.290 e. The first-order valence-electron chi connectivity index (χ1n) is 10.4. The number of carbonyl (C=O) groups excluding carboxylic acids is 2. The van der Waals surface area contributed by atoms with Crippen LogP contribution in [-0.2, 0) is 20.9 Å². The Morgan fingerprint density at radius 3 is 2.53 bits per heavy atom. The molecule has 8 nitrogen and oxygen atoms in total. The highest BCUT2D eigenvalue weighted by Gasteiger charge is 2.37.